The largest absolute Gasteiger partial charge is 0.450 e. The predicted octanol–water partition coefficient (Wildman–Crippen LogP) is -1.43. The molecule has 0 radical (unpaired) electrons. The summed E-state index contributed by atoms with van der Waals surface area (Å²) in [6, 6.07) is 0. The van der Waals surface area contributed by atoms with Crippen LogP contribution in [0.25, 0.3) is 11.2 Å². The molecule has 3 heterocycles. The number of β-amino-alcohol motifs (C(OH)–C–C–N with tert-alkyl or cyclic N) is 1. The first-order valence-electron chi connectivity index (χ1n) is 9.26. The summed E-state index contributed by atoms with van der Waals surface area (Å²) in [6.45, 7) is 5.07. The van der Waals surface area contributed by atoms with E-state index in [1.165, 1.54) is 17.9 Å². The van der Waals surface area contributed by atoms with E-state index in [-0.39, 0.29) is 18.2 Å². The predicted molar refractivity (Wildman–Crippen MR) is 101 cm³/mol. The summed E-state index contributed by atoms with van der Waals surface area (Å²) in [6.07, 6.45) is 0.426. The number of aryl methyl sites for hydroxylation is 1. The first-order chi connectivity index (χ1) is 13.3. The fourth-order valence-corrected chi connectivity index (χ4v) is 3.45. The first kappa shape index (κ1) is 20.1. The maximum atomic E-state index is 12.5. The molecular weight excluding hydrogens is 368 g/mol. The smallest absolute Gasteiger partial charge is 0.409 e. The SMILES string of the molecule is CCOC(=O)N1CCN(CC(O)Cn2cnc3c2c(=O)n(C)c(=O)n3C)CC1. The van der Waals surface area contributed by atoms with Crippen LogP contribution in [-0.2, 0) is 25.4 Å². The van der Waals surface area contributed by atoms with Crippen molar-refractivity contribution in [3.8, 4) is 0 Å². The van der Waals surface area contributed by atoms with Crippen LogP contribution in [0.3, 0.4) is 0 Å². The maximum absolute atomic E-state index is 12.5. The lowest BCUT2D eigenvalue weighted by Crippen LogP contribution is -2.50. The van der Waals surface area contributed by atoms with Gasteiger partial charge in [-0.1, -0.05) is 0 Å². The highest BCUT2D eigenvalue weighted by Gasteiger charge is 2.24. The molecule has 28 heavy (non-hydrogen) atoms. The van der Waals surface area contributed by atoms with Crippen LogP contribution < -0.4 is 11.2 Å². The Morgan fingerprint density at radius 3 is 2.50 bits per heavy atom. The number of rotatable bonds is 5. The van der Waals surface area contributed by atoms with Crippen molar-refractivity contribution in [3.05, 3.63) is 27.2 Å². The number of ether oxygens (including phenoxy) is 1. The molecule has 1 N–H and O–H groups in total. The Labute approximate surface area is 161 Å². The number of carbonyl (C=O) groups is 1. The Kier molecular flexibility index (Phi) is 5.84. The Balaban J connectivity index is 1.65. The van der Waals surface area contributed by atoms with Crippen LogP contribution in [0, 0.1) is 0 Å². The molecule has 1 saturated heterocycles. The van der Waals surface area contributed by atoms with E-state index >= 15 is 0 Å². The number of hydrogen-bond acceptors (Lipinski definition) is 7. The molecule has 0 saturated carbocycles. The van der Waals surface area contributed by atoms with E-state index in [1.807, 2.05) is 0 Å². The molecule has 0 spiro atoms. The van der Waals surface area contributed by atoms with E-state index in [0.29, 0.717) is 45.0 Å². The number of imidazole rings is 1. The minimum Gasteiger partial charge on any atom is -0.450 e. The van der Waals surface area contributed by atoms with Crippen molar-refractivity contribution < 1.29 is 14.6 Å². The van der Waals surface area contributed by atoms with Crippen molar-refractivity contribution in [1.82, 2.24) is 28.5 Å². The molecule has 0 aromatic carbocycles. The number of amides is 1. The zero-order valence-corrected chi connectivity index (χ0v) is 16.4. The Bertz CT molecular complexity index is 969. The second-order valence-corrected chi connectivity index (χ2v) is 6.92. The molecule has 1 amide bonds. The maximum Gasteiger partial charge on any atom is 0.409 e. The van der Waals surface area contributed by atoms with Crippen LogP contribution in [0.5, 0.6) is 0 Å². The molecule has 1 aliphatic rings. The van der Waals surface area contributed by atoms with Crippen molar-refractivity contribution in [2.45, 2.75) is 19.6 Å². The van der Waals surface area contributed by atoms with E-state index in [4.69, 9.17) is 4.74 Å². The molecule has 1 aliphatic heterocycles. The highest BCUT2D eigenvalue weighted by molar-refractivity contribution is 5.70. The lowest BCUT2D eigenvalue weighted by atomic mass is 10.2. The number of aliphatic hydroxyl groups excluding tert-OH is 1. The Hall–Kier alpha value is -2.66. The molecule has 2 aromatic heterocycles. The van der Waals surface area contributed by atoms with Crippen LogP contribution >= 0.6 is 0 Å². The number of hydrogen-bond donors (Lipinski definition) is 1. The second-order valence-electron chi connectivity index (χ2n) is 6.92. The van der Waals surface area contributed by atoms with Gasteiger partial charge >= 0.3 is 11.8 Å². The molecular formula is C17H26N6O5. The zero-order chi connectivity index (χ0) is 20.4. The molecule has 1 fully saturated rings. The molecule has 154 valence electrons. The lowest BCUT2D eigenvalue weighted by Gasteiger charge is -2.35. The molecule has 11 nitrogen and oxygen atoms in total. The van der Waals surface area contributed by atoms with Crippen LogP contribution in [0.15, 0.2) is 15.9 Å². The first-order valence-corrected chi connectivity index (χ1v) is 9.26. The third kappa shape index (κ3) is 3.80. The molecule has 1 unspecified atom stereocenters. The molecule has 1 atom stereocenters. The van der Waals surface area contributed by atoms with Crippen molar-refractivity contribution >= 4 is 17.3 Å². The van der Waals surface area contributed by atoms with Crippen LogP contribution in [-0.4, -0.2) is 85.1 Å². The van der Waals surface area contributed by atoms with Gasteiger partial charge in [0.2, 0.25) is 0 Å². The standard InChI is InChI=1S/C17H26N6O5/c1-4-28-17(27)22-7-5-21(6-8-22)9-12(24)10-23-11-18-14-13(23)15(25)20(3)16(26)19(14)2/h11-12,24H,4-10H2,1-3H3. The summed E-state index contributed by atoms with van der Waals surface area (Å²) >= 11 is 0. The van der Waals surface area contributed by atoms with Gasteiger partial charge in [-0.15, -0.1) is 0 Å². The normalized spacial score (nSPS) is 16.5. The monoisotopic (exact) mass is 394 g/mol. The number of aliphatic hydroxyl groups is 1. The molecule has 11 heteroatoms. The van der Waals surface area contributed by atoms with Crippen molar-refractivity contribution in [2.24, 2.45) is 14.1 Å². The van der Waals surface area contributed by atoms with Crippen molar-refractivity contribution in [3.63, 3.8) is 0 Å². The summed E-state index contributed by atoms with van der Waals surface area (Å²) in [4.78, 5) is 44.1. The highest BCUT2D eigenvalue weighted by Crippen LogP contribution is 2.09. The van der Waals surface area contributed by atoms with Crippen LogP contribution in [0.4, 0.5) is 4.79 Å². The zero-order valence-electron chi connectivity index (χ0n) is 16.4. The van der Waals surface area contributed by atoms with E-state index in [9.17, 15) is 19.5 Å². The summed E-state index contributed by atoms with van der Waals surface area (Å²) in [5.41, 5.74) is -0.298. The fourth-order valence-electron chi connectivity index (χ4n) is 3.45. The van der Waals surface area contributed by atoms with Crippen LogP contribution in [0.2, 0.25) is 0 Å². The number of piperazine rings is 1. The summed E-state index contributed by atoms with van der Waals surface area (Å²) < 4.78 is 8.92. The molecule has 3 rings (SSSR count). The highest BCUT2D eigenvalue weighted by atomic mass is 16.6. The van der Waals surface area contributed by atoms with E-state index in [0.717, 1.165) is 4.57 Å². The number of aromatic nitrogens is 4. The molecule has 0 aliphatic carbocycles. The van der Waals surface area contributed by atoms with Gasteiger partial charge in [0, 0.05) is 46.8 Å². The Morgan fingerprint density at radius 2 is 1.86 bits per heavy atom. The van der Waals surface area contributed by atoms with Gasteiger partial charge in [-0.2, -0.15) is 0 Å². The van der Waals surface area contributed by atoms with E-state index in [1.54, 1.807) is 23.4 Å². The van der Waals surface area contributed by atoms with Gasteiger partial charge < -0.3 is 19.3 Å². The van der Waals surface area contributed by atoms with Crippen LogP contribution in [0.1, 0.15) is 6.92 Å². The number of carbonyl (C=O) groups excluding carboxylic acids is 1. The van der Waals surface area contributed by atoms with Gasteiger partial charge in [0.1, 0.15) is 0 Å². The van der Waals surface area contributed by atoms with Crippen molar-refractivity contribution in [2.75, 3.05) is 39.3 Å². The average Bonchev–Trinajstić information content (AvgIpc) is 3.09. The van der Waals surface area contributed by atoms with Gasteiger partial charge in [0.25, 0.3) is 5.56 Å². The molecule has 0 bridgehead atoms. The second kappa shape index (κ2) is 8.15. The third-order valence-corrected chi connectivity index (χ3v) is 4.99. The minimum absolute atomic E-state index is 0.183. The molecule has 2 aromatic rings. The van der Waals surface area contributed by atoms with Gasteiger partial charge in [-0.05, 0) is 6.92 Å². The number of fused-ring (bicyclic) bond motifs is 1. The van der Waals surface area contributed by atoms with Gasteiger partial charge in [0.05, 0.1) is 25.6 Å². The topological polar surface area (TPSA) is 115 Å². The van der Waals surface area contributed by atoms with Gasteiger partial charge in [0.15, 0.2) is 11.2 Å². The minimum atomic E-state index is -0.728. The lowest BCUT2D eigenvalue weighted by molar-refractivity contribution is 0.0536. The number of nitrogens with zero attached hydrogens (tertiary/aromatic N) is 6. The summed E-state index contributed by atoms with van der Waals surface area (Å²) in [5, 5.41) is 10.5. The summed E-state index contributed by atoms with van der Waals surface area (Å²) in [5.74, 6) is 0. The van der Waals surface area contributed by atoms with Gasteiger partial charge in [-0.25, -0.2) is 14.6 Å². The van der Waals surface area contributed by atoms with Crippen molar-refractivity contribution in [1.29, 1.82) is 0 Å². The third-order valence-electron chi connectivity index (χ3n) is 4.99. The van der Waals surface area contributed by atoms with E-state index < -0.39 is 17.4 Å². The summed E-state index contributed by atoms with van der Waals surface area (Å²) in [7, 11) is 2.97. The fraction of sp³-hybridized carbons (Fsp3) is 0.647. The quantitative estimate of drug-likeness (QED) is 0.661. The average molecular weight is 394 g/mol. The van der Waals surface area contributed by atoms with E-state index in [2.05, 4.69) is 9.88 Å². The Morgan fingerprint density at radius 1 is 1.18 bits per heavy atom. The van der Waals surface area contributed by atoms with Gasteiger partial charge in [-0.3, -0.25) is 18.8 Å².